The van der Waals surface area contributed by atoms with Crippen molar-refractivity contribution in [2.75, 3.05) is 6.61 Å². The van der Waals surface area contributed by atoms with Crippen LogP contribution in [0.4, 0.5) is 0 Å². The topological polar surface area (TPSA) is 122 Å². The number of fused-ring (bicyclic) bond motifs is 1. The second kappa shape index (κ2) is 6.16. The van der Waals surface area contributed by atoms with Gasteiger partial charge in [-0.25, -0.2) is 9.78 Å². The molecule has 0 amide bonds. The van der Waals surface area contributed by atoms with Gasteiger partial charge >= 0.3 is 11.5 Å². The lowest BCUT2D eigenvalue weighted by molar-refractivity contribution is 0.0515. The van der Waals surface area contributed by atoms with E-state index in [1.54, 1.807) is 19.1 Å². The number of hydrogen-bond donors (Lipinski definition) is 3. The molecule has 8 heteroatoms. The van der Waals surface area contributed by atoms with Gasteiger partial charge in [-0.2, -0.15) is 0 Å². The Morgan fingerprint density at radius 1 is 1.24 bits per heavy atom. The lowest BCUT2D eigenvalue weighted by Crippen LogP contribution is -2.27. The van der Waals surface area contributed by atoms with Crippen LogP contribution in [0.1, 0.15) is 17.3 Å². The summed E-state index contributed by atoms with van der Waals surface area (Å²) in [5.74, 6) is -1.63. The minimum absolute atomic E-state index is 0.00274. The van der Waals surface area contributed by atoms with E-state index in [2.05, 4.69) is 4.98 Å². The first-order valence-electron chi connectivity index (χ1n) is 7.37. The highest BCUT2D eigenvalue weighted by Crippen LogP contribution is 2.30. The molecule has 128 valence electrons. The maximum atomic E-state index is 12.1. The van der Waals surface area contributed by atoms with Gasteiger partial charge in [0.05, 0.1) is 12.0 Å². The number of pyridine rings is 2. The zero-order valence-electron chi connectivity index (χ0n) is 13.1. The molecule has 3 rings (SSSR count). The number of carbonyl (C=O) groups excluding carboxylic acids is 1. The molecule has 0 aliphatic rings. The Kier molecular flexibility index (Phi) is 4.02. The summed E-state index contributed by atoms with van der Waals surface area (Å²) in [6, 6.07) is 7.77. The van der Waals surface area contributed by atoms with Crippen molar-refractivity contribution in [1.82, 2.24) is 9.71 Å². The molecule has 2 aromatic heterocycles. The van der Waals surface area contributed by atoms with E-state index in [1.807, 2.05) is 0 Å². The summed E-state index contributed by atoms with van der Waals surface area (Å²) in [6.07, 6.45) is 1.37. The van der Waals surface area contributed by atoms with Gasteiger partial charge in [0.15, 0.2) is 11.2 Å². The molecule has 0 unspecified atom stereocenters. The lowest BCUT2D eigenvalue weighted by atomic mass is 10.0. The Morgan fingerprint density at radius 3 is 2.68 bits per heavy atom. The first-order valence-corrected chi connectivity index (χ1v) is 7.37. The number of rotatable bonds is 3. The first-order chi connectivity index (χ1) is 11.9. The van der Waals surface area contributed by atoms with E-state index in [4.69, 9.17) is 4.74 Å². The fourth-order valence-electron chi connectivity index (χ4n) is 2.47. The van der Waals surface area contributed by atoms with Crippen LogP contribution in [0.2, 0.25) is 0 Å². The maximum absolute atomic E-state index is 12.1. The van der Waals surface area contributed by atoms with Crippen molar-refractivity contribution in [2.24, 2.45) is 0 Å². The minimum atomic E-state index is -1.12. The predicted molar refractivity (Wildman–Crippen MR) is 87.9 cm³/mol. The molecule has 0 saturated heterocycles. The van der Waals surface area contributed by atoms with Gasteiger partial charge in [0.25, 0.3) is 0 Å². The third-order valence-electron chi connectivity index (χ3n) is 3.62. The molecular formula is C17H14N2O6. The van der Waals surface area contributed by atoms with Gasteiger partial charge in [0, 0.05) is 11.8 Å². The second-order valence-corrected chi connectivity index (χ2v) is 5.21. The van der Waals surface area contributed by atoms with E-state index < -0.39 is 22.8 Å². The van der Waals surface area contributed by atoms with Crippen LogP contribution in [0.15, 0.2) is 41.3 Å². The Hall–Kier alpha value is -3.55. The fraction of sp³-hybridized carbons (Fsp3) is 0.118. The van der Waals surface area contributed by atoms with Crippen molar-refractivity contribution in [3.63, 3.8) is 0 Å². The van der Waals surface area contributed by atoms with Crippen LogP contribution in [-0.4, -0.2) is 37.7 Å². The van der Waals surface area contributed by atoms with E-state index in [-0.39, 0.29) is 28.1 Å². The summed E-state index contributed by atoms with van der Waals surface area (Å²) in [7, 11) is 0. The van der Waals surface area contributed by atoms with Gasteiger partial charge < -0.3 is 20.2 Å². The SMILES string of the molecule is CCOC(=O)c1c(O)c2cc(-c3cccc(O)c3)cnc2n(O)c1=O. The van der Waals surface area contributed by atoms with E-state index in [1.165, 1.54) is 24.4 Å². The number of carbonyl (C=O) groups is 1. The van der Waals surface area contributed by atoms with Crippen LogP contribution in [0, 0.1) is 0 Å². The highest BCUT2D eigenvalue weighted by Gasteiger charge is 2.24. The average molecular weight is 342 g/mol. The van der Waals surface area contributed by atoms with E-state index in [9.17, 15) is 25.0 Å². The molecule has 0 atom stereocenters. The lowest BCUT2D eigenvalue weighted by Gasteiger charge is -2.10. The maximum Gasteiger partial charge on any atom is 0.347 e. The average Bonchev–Trinajstić information content (AvgIpc) is 2.60. The highest BCUT2D eigenvalue weighted by molar-refractivity contribution is 5.99. The molecule has 0 saturated carbocycles. The van der Waals surface area contributed by atoms with Gasteiger partial charge in [-0.15, -0.1) is 4.73 Å². The van der Waals surface area contributed by atoms with Crippen LogP contribution in [0.5, 0.6) is 11.5 Å². The van der Waals surface area contributed by atoms with Crippen LogP contribution in [-0.2, 0) is 4.74 Å². The van der Waals surface area contributed by atoms with Crippen LogP contribution in [0.3, 0.4) is 0 Å². The van der Waals surface area contributed by atoms with Crippen molar-refractivity contribution in [3.05, 3.63) is 52.4 Å². The largest absolute Gasteiger partial charge is 0.508 e. The summed E-state index contributed by atoms with van der Waals surface area (Å²) in [6.45, 7) is 1.55. The molecular weight excluding hydrogens is 328 g/mol. The second-order valence-electron chi connectivity index (χ2n) is 5.21. The molecule has 0 aliphatic carbocycles. The van der Waals surface area contributed by atoms with Gasteiger partial charge in [0.1, 0.15) is 11.5 Å². The number of esters is 1. The smallest absolute Gasteiger partial charge is 0.347 e. The zero-order valence-corrected chi connectivity index (χ0v) is 13.1. The highest BCUT2D eigenvalue weighted by atomic mass is 16.5. The fourth-order valence-corrected chi connectivity index (χ4v) is 2.47. The molecule has 0 spiro atoms. The Bertz CT molecular complexity index is 1040. The summed E-state index contributed by atoms with van der Waals surface area (Å²) in [5.41, 5.74) is -0.901. The Morgan fingerprint density at radius 2 is 2.00 bits per heavy atom. The van der Waals surface area contributed by atoms with Crippen LogP contribution >= 0.6 is 0 Å². The van der Waals surface area contributed by atoms with E-state index in [0.717, 1.165) is 0 Å². The van der Waals surface area contributed by atoms with Gasteiger partial charge in [0.2, 0.25) is 0 Å². The number of nitrogens with zero attached hydrogens (tertiary/aromatic N) is 2. The van der Waals surface area contributed by atoms with Crippen molar-refractivity contribution in [2.45, 2.75) is 6.92 Å². The van der Waals surface area contributed by atoms with Crippen molar-refractivity contribution >= 4 is 17.0 Å². The van der Waals surface area contributed by atoms with Gasteiger partial charge in [-0.3, -0.25) is 4.79 Å². The van der Waals surface area contributed by atoms with Crippen molar-refractivity contribution in [1.29, 1.82) is 0 Å². The number of phenols is 1. The normalized spacial score (nSPS) is 10.8. The number of hydrogen-bond acceptors (Lipinski definition) is 7. The molecule has 25 heavy (non-hydrogen) atoms. The Balaban J connectivity index is 2.29. The Labute approximate surface area is 141 Å². The summed E-state index contributed by atoms with van der Waals surface area (Å²) >= 11 is 0. The molecule has 3 N–H and O–H groups in total. The van der Waals surface area contributed by atoms with E-state index in [0.29, 0.717) is 11.1 Å². The zero-order chi connectivity index (χ0) is 18.1. The van der Waals surface area contributed by atoms with Crippen LogP contribution in [0.25, 0.3) is 22.2 Å². The van der Waals surface area contributed by atoms with E-state index >= 15 is 0 Å². The van der Waals surface area contributed by atoms with Crippen molar-refractivity contribution in [3.8, 4) is 22.6 Å². The molecule has 0 bridgehead atoms. The number of aromatic hydroxyl groups is 2. The minimum Gasteiger partial charge on any atom is -0.508 e. The summed E-state index contributed by atoms with van der Waals surface area (Å²) in [5, 5.41) is 29.9. The number of aromatic nitrogens is 2. The quantitative estimate of drug-likeness (QED) is 0.491. The number of ether oxygens (including phenoxy) is 1. The number of benzene rings is 1. The third kappa shape index (κ3) is 2.74. The molecule has 3 aromatic rings. The molecule has 1 aromatic carbocycles. The molecule has 0 aliphatic heterocycles. The van der Waals surface area contributed by atoms with Gasteiger partial charge in [-0.05, 0) is 30.7 Å². The third-order valence-corrected chi connectivity index (χ3v) is 3.62. The molecule has 0 radical (unpaired) electrons. The first kappa shape index (κ1) is 16.3. The monoisotopic (exact) mass is 342 g/mol. The summed E-state index contributed by atoms with van der Waals surface area (Å²) in [4.78, 5) is 28.0. The molecule has 8 nitrogen and oxygen atoms in total. The van der Waals surface area contributed by atoms with Gasteiger partial charge in [-0.1, -0.05) is 12.1 Å². The summed E-state index contributed by atoms with van der Waals surface area (Å²) < 4.78 is 4.94. The molecule has 0 fully saturated rings. The standard InChI is InChI=1S/C17H14N2O6/c1-2-25-17(23)13-14(21)12-7-10(9-4-3-5-11(20)6-9)8-18-15(12)19(24)16(13)22/h3-8,20-21,24H,2H2,1H3. The predicted octanol–water partition coefficient (Wildman–Crippen LogP) is 1.89. The van der Waals surface area contributed by atoms with Crippen molar-refractivity contribution < 1.29 is 25.0 Å². The number of phenolic OH excluding ortho intramolecular Hbond substituents is 1. The molecule has 2 heterocycles. The van der Waals surface area contributed by atoms with Crippen LogP contribution < -0.4 is 5.56 Å².